The Morgan fingerprint density at radius 1 is 1.33 bits per heavy atom. The van der Waals surface area contributed by atoms with Gasteiger partial charge in [-0.25, -0.2) is 0 Å². The molecule has 1 aromatic carbocycles. The van der Waals surface area contributed by atoms with Gasteiger partial charge in [-0.3, -0.25) is 4.79 Å². The van der Waals surface area contributed by atoms with Crippen molar-refractivity contribution in [2.45, 2.75) is 33.1 Å². The Kier molecular flexibility index (Phi) is 6.98. The number of rotatable bonds is 7. The molecule has 1 aromatic rings. The van der Waals surface area contributed by atoms with Crippen molar-refractivity contribution in [1.82, 2.24) is 0 Å². The van der Waals surface area contributed by atoms with Crippen LogP contribution in [0.25, 0.3) is 0 Å². The average Bonchev–Trinajstić information content (AvgIpc) is 2.37. The molecule has 0 saturated carbocycles. The third-order valence-electron chi connectivity index (χ3n) is 2.54. The van der Waals surface area contributed by atoms with Crippen molar-refractivity contribution in [3.8, 4) is 0 Å². The first kappa shape index (κ1) is 15.2. The minimum Gasteiger partial charge on any atom is -0.381 e. The largest absolute Gasteiger partial charge is 0.381 e. The molecule has 0 fully saturated rings. The Morgan fingerprint density at radius 3 is 2.78 bits per heavy atom. The van der Waals surface area contributed by atoms with Gasteiger partial charge in [0.05, 0.1) is 13.0 Å². The lowest BCUT2D eigenvalue weighted by Gasteiger charge is -2.10. The number of amides is 1. The molecule has 0 spiro atoms. The molecule has 0 saturated heterocycles. The predicted octanol–water partition coefficient (Wildman–Crippen LogP) is 3.77. The number of aryl methyl sites for hydroxylation is 1. The summed E-state index contributed by atoms with van der Waals surface area (Å²) in [6.45, 7) is 5.32. The van der Waals surface area contributed by atoms with Gasteiger partial charge in [0.25, 0.3) is 0 Å². The van der Waals surface area contributed by atoms with Crippen LogP contribution in [0.15, 0.2) is 22.7 Å². The maximum atomic E-state index is 11.7. The highest BCUT2D eigenvalue weighted by atomic mass is 79.9. The van der Waals surface area contributed by atoms with Gasteiger partial charge in [-0.15, -0.1) is 0 Å². The number of carbonyl (C=O) groups is 1. The lowest BCUT2D eigenvalue weighted by atomic mass is 10.1. The molecule has 100 valence electrons. The summed E-state index contributed by atoms with van der Waals surface area (Å²) in [4.78, 5) is 11.7. The molecule has 18 heavy (non-hydrogen) atoms. The first-order chi connectivity index (χ1) is 8.67. The number of ether oxygens (including phenoxy) is 1. The van der Waals surface area contributed by atoms with Crippen LogP contribution >= 0.6 is 15.9 Å². The SMILES string of the molecule is CCCOCCC(=O)Nc1ccc(Br)cc1CC. The first-order valence-corrected chi connectivity index (χ1v) is 7.12. The molecular formula is C14H20BrNO2. The summed E-state index contributed by atoms with van der Waals surface area (Å²) < 4.78 is 6.33. The lowest BCUT2D eigenvalue weighted by molar-refractivity contribution is -0.117. The highest BCUT2D eigenvalue weighted by Crippen LogP contribution is 2.21. The van der Waals surface area contributed by atoms with Gasteiger partial charge in [-0.1, -0.05) is 29.8 Å². The Morgan fingerprint density at radius 2 is 2.11 bits per heavy atom. The zero-order valence-electron chi connectivity index (χ0n) is 11.0. The van der Waals surface area contributed by atoms with Crippen LogP contribution in [-0.4, -0.2) is 19.1 Å². The molecule has 3 nitrogen and oxygen atoms in total. The maximum Gasteiger partial charge on any atom is 0.226 e. The molecule has 1 N–H and O–H groups in total. The van der Waals surface area contributed by atoms with Crippen molar-refractivity contribution < 1.29 is 9.53 Å². The third kappa shape index (κ3) is 5.19. The topological polar surface area (TPSA) is 38.3 Å². The molecule has 0 aliphatic rings. The standard InChI is InChI=1S/C14H20BrNO2/c1-3-8-18-9-7-14(17)16-13-6-5-12(15)10-11(13)4-2/h5-6,10H,3-4,7-9H2,1-2H3,(H,16,17). The lowest BCUT2D eigenvalue weighted by Crippen LogP contribution is -2.15. The number of carbonyl (C=O) groups excluding carboxylic acids is 1. The molecule has 1 amide bonds. The highest BCUT2D eigenvalue weighted by molar-refractivity contribution is 9.10. The fraction of sp³-hybridized carbons (Fsp3) is 0.500. The summed E-state index contributed by atoms with van der Waals surface area (Å²) in [7, 11) is 0. The van der Waals surface area contributed by atoms with Crippen molar-refractivity contribution in [3.05, 3.63) is 28.2 Å². The fourth-order valence-corrected chi connectivity index (χ4v) is 2.01. The number of benzene rings is 1. The normalized spacial score (nSPS) is 10.4. The van der Waals surface area contributed by atoms with Crippen LogP contribution in [0.3, 0.4) is 0 Å². The smallest absolute Gasteiger partial charge is 0.226 e. The van der Waals surface area contributed by atoms with E-state index in [4.69, 9.17) is 4.74 Å². The van der Waals surface area contributed by atoms with Gasteiger partial charge in [0.2, 0.25) is 5.91 Å². The molecule has 0 aromatic heterocycles. The van der Waals surface area contributed by atoms with E-state index in [9.17, 15) is 4.79 Å². The van der Waals surface area contributed by atoms with E-state index in [-0.39, 0.29) is 5.91 Å². The van der Waals surface area contributed by atoms with Crippen molar-refractivity contribution >= 4 is 27.5 Å². The summed E-state index contributed by atoms with van der Waals surface area (Å²) in [5.41, 5.74) is 2.02. The monoisotopic (exact) mass is 313 g/mol. The number of nitrogens with one attached hydrogen (secondary N) is 1. The summed E-state index contributed by atoms with van der Waals surface area (Å²) in [6, 6.07) is 5.89. The Labute approximate surface area is 117 Å². The van der Waals surface area contributed by atoms with Gasteiger partial charge >= 0.3 is 0 Å². The van der Waals surface area contributed by atoms with Gasteiger partial charge < -0.3 is 10.1 Å². The highest BCUT2D eigenvalue weighted by Gasteiger charge is 2.06. The average molecular weight is 314 g/mol. The van der Waals surface area contributed by atoms with Gasteiger partial charge in [0.1, 0.15) is 0 Å². The number of anilines is 1. The third-order valence-corrected chi connectivity index (χ3v) is 3.04. The molecule has 0 atom stereocenters. The molecule has 1 rings (SSSR count). The van der Waals surface area contributed by atoms with E-state index in [1.165, 1.54) is 0 Å². The molecule has 0 aliphatic carbocycles. The molecule has 4 heteroatoms. The summed E-state index contributed by atoms with van der Waals surface area (Å²) in [6.07, 6.45) is 2.27. The van der Waals surface area contributed by atoms with Gasteiger partial charge in [-0.05, 0) is 36.6 Å². The Balaban J connectivity index is 2.48. The number of hydrogen-bond acceptors (Lipinski definition) is 2. The van der Waals surface area contributed by atoms with Crippen molar-refractivity contribution in [2.24, 2.45) is 0 Å². The minimum absolute atomic E-state index is 0.00289. The van der Waals surface area contributed by atoms with E-state index in [0.717, 1.165) is 28.6 Å². The second kappa shape index (κ2) is 8.27. The number of hydrogen-bond donors (Lipinski definition) is 1. The van der Waals surface area contributed by atoms with Crippen molar-refractivity contribution in [3.63, 3.8) is 0 Å². The van der Waals surface area contributed by atoms with Crippen molar-refractivity contribution in [2.75, 3.05) is 18.5 Å². The van der Waals surface area contributed by atoms with Crippen LogP contribution in [0, 0.1) is 0 Å². The molecule has 0 heterocycles. The van der Waals surface area contributed by atoms with Crippen LogP contribution in [0.5, 0.6) is 0 Å². The van der Waals surface area contributed by atoms with Crippen LogP contribution < -0.4 is 5.32 Å². The minimum atomic E-state index is 0.00289. The summed E-state index contributed by atoms with van der Waals surface area (Å²) >= 11 is 3.43. The van der Waals surface area contributed by atoms with E-state index < -0.39 is 0 Å². The van der Waals surface area contributed by atoms with Crippen LogP contribution in [0.4, 0.5) is 5.69 Å². The zero-order valence-corrected chi connectivity index (χ0v) is 12.5. The van der Waals surface area contributed by atoms with Gasteiger partial charge in [-0.2, -0.15) is 0 Å². The van der Waals surface area contributed by atoms with Gasteiger partial charge in [0, 0.05) is 16.8 Å². The Hall–Kier alpha value is -0.870. The summed E-state index contributed by atoms with van der Waals surface area (Å²) in [5, 5.41) is 2.93. The Bertz CT molecular complexity index is 393. The molecular weight excluding hydrogens is 294 g/mol. The van der Waals surface area contributed by atoms with Crippen LogP contribution in [0.2, 0.25) is 0 Å². The van der Waals surface area contributed by atoms with E-state index in [2.05, 4.69) is 35.1 Å². The van der Waals surface area contributed by atoms with Crippen LogP contribution in [-0.2, 0) is 16.0 Å². The second-order valence-electron chi connectivity index (χ2n) is 4.07. The quantitative estimate of drug-likeness (QED) is 0.778. The van der Waals surface area contributed by atoms with Crippen molar-refractivity contribution in [1.29, 1.82) is 0 Å². The van der Waals surface area contributed by atoms with E-state index in [1.54, 1.807) is 0 Å². The van der Waals surface area contributed by atoms with E-state index >= 15 is 0 Å². The molecule has 0 radical (unpaired) electrons. The first-order valence-electron chi connectivity index (χ1n) is 6.33. The van der Waals surface area contributed by atoms with Crippen LogP contribution in [0.1, 0.15) is 32.3 Å². The zero-order chi connectivity index (χ0) is 13.4. The molecule has 0 bridgehead atoms. The van der Waals surface area contributed by atoms with E-state index in [1.807, 2.05) is 18.2 Å². The second-order valence-corrected chi connectivity index (χ2v) is 4.98. The van der Waals surface area contributed by atoms with E-state index in [0.29, 0.717) is 19.6 Å². The maximum absolute atomic E-state index is 11.7. The molecule has 0 aliphatic heterocycles. The predicted molar refractivity (Wildman–Crippen MR) is 77.9 cm³/mol. The molecule has 0 unspecified atom stereocenters. The summed E-state index contributed by atoms with van der Waals surface area (Å²) in [5.74, 6) is 0.00289. The number of halogens is 1. The van der Waals surface area contributed by atoms with Gasteiger partial charge in [0.15, 0.2) is 0 Å². The fourth-order valence-electron chi connectivity index (χ4n) is 1.60.